The largest absolute Gasteiger partial charge is 0.499 e. The molecule has 0 spiro atoms. The summed E-state index contributed by atoms with van der Waals surface area (Å²) >= 11 is 0. The topological polar surface area (TPSA) is 49.2 Å². The highest BCUT2D eigenvalue weighted by molar-refractivity contribution is 4.99. The van der Waals surface area contributed by atoms with E-state index >= 15 is 0 Å². The Morgan fingerprint density at radius 3 is 2.42 bits per heavy atom. The lowest BCUT2D eigenvalue weighted by atomic mass is 10.4. The summed E-state index contributed by atoms with van der Waals surface area (Å²) in [6.07, 6.45) is 0. The van der Waals surface area contributed by atoms with Gasteiger partial charge in [-0.15, -0.1) is 5.11 Å². The van der Waals surface area contributed by atoms with Crippen molar-refractivity contribution in [3.63, 3.8) is 0 Å². The average Bonchev–Trinajstić information content (AvgIpc) is 2.11. The first-order chi connectivity index (χ1) is 5.61. The van der Waals surface area contributed by atoms with E-state index < -0.39 is 0 Å². The minimum atomic E-state index is 0.764. The van der Waals surface area contributed by atoms with Gasteiger partial charge in [0.15, 0.2) is 0 Å². The molecule has 0 heterocycles. The first-order valence-electron chi connectivity index (χ1n) is 3.66. The summed E-state index contributed by atoms with van der Waals surface area (Å²) in [5.74, 6) is 0.767. The lowest BCUT2D eigenvalue weighted by molar-refractivity contribution is 0.251. The van der Waals surface area contributed by atoms with Gasteiger partial charge in [0.25, 0.3) is 0 Å². The van der Waals surface area contributed by atoms with E-state index in [4.69, 9.17) is 4.74 Å². The van der Waals surface area contributed by atoms with Crippen LogP contribution >= 0.6 is 0 Å². The maximum atomic E-state index is 4.96. The molecule has 0 aliphatic carbocycles. The molecule has 0 aliphatic heterocycles. The van der Waals surface area contributed by atoms with Gasteiger partial charge in [-0.05, 0) is 13.8 Å². The first-order valence-corrected chi connectivity index (χ1v) is 3.66. The van der Waals surface area contributed by atoms with Crippen molar-refractivity contribution in [3.05, 3.63) is 11.5 Å². The molecular weight excluding hydrogens is 156 g/mol. The van der Waals surface area contributed by atoms with E-state index in [0.29, 0.717) is 0 Å². The highest BCUT2D eigenvalue weighted by Gasteiger charge is 1.93. The molecule has 0 radical (unpaired) electrons. The van der Waals surface area contributed by atoms with Gasteiger partial charge >= 0.3 is 0 Å². The van der Waals surface area contributed by atoms with E-state index in [9.17, 15) is 0 Å². The summed E-state index contributed by atoms with van der Waals surface area (Å²) in [5.41, 5.74) is 3.55. The Balaban J connectivity index is 4.15. The van der Waals surface area contributed by atoms with Gasteiger partial charge in [0.2, 0.25) is 0 Å². The molecule has 70 valence electrons. The normalized spacial score (nSPS) is 13.1. The van der Waals surface area contributed by atoms with Crippen LogP contribution in [0.25, 0.3) is 0 Å². The quantitative estimate of drug-likeness (QED) is 0.395. The highest BCUT2D eigenvalue weighted by atomic mass is 16.5. The lowest BCUT2D eigenvalue weighted by Gasteiger charge is -2.07. The van der Waals surface area contributed by atoms with Gasteiger partial charge < -0.3 is 4.74 Å². The zero-order chi connectivity index (χ0) is 9.56. The Labute approximate surface area is 73.0 Å². The number of nitrogens with zero attached hydrogens (tertiary/aromatic N) is 3. The van der Waals surface area contributed by atoms with Gasteiger partial charge in [-0.3, -0.25) is 0 Å². The van der Waals surface area contributed by atoms with E-state index in [1.54, 1.807) is 21.2 Å². The second-order valence-electron chi connectivity index (χ2n) is 2.28. The van der Waals surface area contributed by atoms with Crippen LogP contribution in [0.1, 0.15) is 13.8 Å². The van der Waals surface area contributed by atoms with E-state index in [-0.39, 0.29) is 0 Å². The predicted molar refractivity (Wildman–Crippen MR) is 47.1 cm³/mol. The molecule has 1 N–H and O–H groups in total. The van der Waals surface area contributed by atoms with Crippen LogP contribution in [0.2, 0.25) is 0 Å². The van der Waals surface area contributed by atoms with Gasteiger partial charge in [0.1, 0.15) is 5.76 Å². The van der Waals surface area contributed by atoms with Crippen molar-refractivity contribution in [2.24, 2.45) is 10.3 Å². The first kappa shape index (κ1) is 10.9. The molecule has 0 unspecified atom stereocenters. The molecule has 5 heteroatoms. The highest BCUT2D eigenvalue weighted by Crippen LogP contribution is 2.05. The average molecular weight is 172 g/mol. The number of hydrogen-bond acceptors (Lipinski definition) is 4. The Kier molecular flexibility index (Phi) is 5.03. The van der Waals surface area contributed by atoms with E-state index in [1.165, 1.54) is 5.12 Å². The number of methoxy groups -OCH3 is 1. The molecule has 0 rings (SSSR count). The van der Waals surface area contributed by atoms with Crippen LogP contribution in [-0.4, -0.2) is 26.3 Å². The smallest absolute Gasteiger partial charge is 0.115 e. The standard InChI is InChI=1S/C7H16N4O/c1-6(7(2)12-5)9-10-11(4)8-3/h8H,1-5H3/b7-6-,10-9-. The second kappa shape index (κ2) is 5.54. The number of allylic oxidation sites excluding steroid dienone is 2. The summed E-state index contributed by atoms with van der Waals surface area (Å²) in [6, 6.07) is 0. The molecule has 0 saturated heterocycles. The predicted octanol–water partition coefficient (Wildman–Crippen LogP) is 1.32. The van der Waals surface area contributed by atoms with Crippen molar-refractivity contribution in [2.45, 2.75) is 13.8 Å². The van der Waals surface area contributed by atoms with E-state index in [1.807, 2.05) is 13.8 Å². The summed E-state index contributed by atoms with van der Waals surface area (Å²) in [5, 5.41) is 9.24. The van der Waals surface area contributed by atoms with Crippen LogP contribution in [0, 0.1) is 0 Å². The molecule has 0 fully saturated rings. The molecule has 0 atom stereocenters. The maximum absolute atomic E-state index is 4.96. The summed E-state index contributed by atoms with van der Waals surface area (Å²) < 4.78 is 4.96. The molecule has 0 aromatic carbocycles. The zero-order valence-electron chi connectivity index (χ0n) is 8.25. The number of ether oxygens (including phenoxy) is 1. The van der Waals surface area contributed by atoms with Crippen LogP contribution in [-0.2, 0) is 4.74 Å². The molecule has 5 nitrogen and oxygen atoms in total. The van der Waals surface area contributed by atoms with E-state index in [2.05, 4.69) is 15.8 Å². The fraction of sp³-hybridized carbons (Fsp3) is 0.714. The minimum absolute atomic E-state index is 0.764. The van der Waals surface area contributed by atoms with Crippen molar-refractivity contribution in [1.82, 2.24) is 10.5 Å². The summed E-state index contributed by atoms with van der Waals surface area (Å²) in [4.78, 5) is 0. The molecular formula is C7H16N4O. The number of hydrogen-bond donors (Lipinski definition) is 1. The van der Waals surface area contributed by atoms with Gasteiger partial charge in [-0.2, -0.15) is 0 Å². The van der Waals surface area contributed by atoms with Gasteiger partial charge in [-0.1, -0.05) is 5.22 Å². The number of nitrogens with one attached hydrogen (secondary N) is 1. The minimum Gasteiger partial charge on any atom is -0.499 e. The van der Waals surface area contributed by atoms with Gasteiger partial charge in [0, 0.05) is 14.1 Å². The monoisotopic (exact) mass is 172 g/mol. The summed E-state index contributed by atoms with van der Waals surface area (Å²) in [6.45, 7) is 3.68. The van der Waals surface area contributed by atoms with E-state index in [0.717, 1.165) is 11.5 Å². The SMILES string of the molecule is CNN(C)/N=N\C(C)=C(\C)OC. The molecule has 0 amide bonds. The van der Waals surface area contributed by atoms with Crippen molar-refractivity contribution in [3.8, 4) is 0 Å². The van der Waals surface area contributed by atoms with Crippen molar-refractivity contribution < 1.29 is 4.74 Å². The van der Waals surface area contributed by atoms with Crippen molar-refractivity contribution in [2.75, 3.05) is 21.2 Å². The third kappa shape index (κ3) is 3.92. The van der Waals surface area contributed by atoms with Crippen LogP contribution in [0.3, 0.4) is 0 Å². The van der Waals surface area contributed by atoms with Crippen LogP contribution in [0.15, 0.2) is 21.8 Å². The second-order valence-corrected chi connectivity index (χ2v) is 2.28. The molecule has 0 saturated carbocycles. The van der Waals surface area contributed by atoms with Crippen LogP contribution < -0.4 is 5.43 Å². The third-order valence-corrected chi connectivity index (χ3v) is 1.47. The fourth-order valence-electron chi connectivity index (χ4n) is 0.397. The Hall–Kier alpha value is -1.10. The number of rotatable bonds is 4. The molecule has 12 heavy (non-hydrogen) atoms. The Morgan fingerprint density at radius 1 is 1.42 bits per heavy atom. The molecule has 0 bridgehead atoms. The van der Waals surface area contributed by atoms with Gasteiger partial charge in [0.05, 0.1) is 12.8 Å². The molecule has 0 aliphatic rings. The molecule has 0 aromatic rings. The molecule has 0 aromatic heterocycles. The number of hydrazine groups is 1. The van der Waals surface area contributed by atoms with Crippen LogP contribution in [0.5, 0.6) is 0 Å². The summed E-state index contributed by atoms with van der Waals surface area (Å²) in [7, 11) is 5.14. The third-order valence-electron chi connectivity index (χ3n) is 1.47. The van der Waals surface area contributed by atoms with Crippen molar-refractivity contribution in [1.29, 1.82) is 0 Å². The lowest BCUT2D eigenvalue weighted by Crippen LogP contribution is -2.24. The van der Waals surface area contributed by atoms with Gasteiger partial charge in [-0.25, -0.2) is 10.5 Å². The van der Waals surface area contributed by atoms with Crippen molar-refractivity contribution >= 4 is 0 Å². The maximum Gasteiger partial charge on any atom is 0.115 e. The van der Waals surface area contributed by atoms with Crippen LogP contribution in [0.4, 0.5) is 0 Å². The fourth-order valence-corrected chi connectivity index (χ4v) is 0.397. The Bertz CT molecular complexity index is 188. The zero-order valence-corrected chi connectivity index (χ0v) is 8.25. The Morgan fingerprint density at radius 2 is 2.00 bits per heavy atom.